The molecule has 0 radical (unpaired) electrons. The van der Waals surface area contributed by atoms with Gasteiger partial charge in [-0.1, -0.05) is 0 Å². The van der Waals surface area contributed by atoms with Crippen LogP contribution in [0.1, 0.15) is 16.2 Å². The van der Waals surface area contributed by atoms with Crippen LogP contribution in [0.5, 0.6) is 0 Å². The number of amides is 1. The molecule has 2 rings (SSSR count). The Balaban J connectivity index is 2.08. The summed E-state index contributed by atoms with van der Waals surface area (Å²) in [6, 6.07) is 5.49. The topological polar surface area (TPSA) is 61.0 Å². The van der Waals surface area contributed by atoms with Gasteiger partial charge in [-0.3, -0.25) is 4.79 Å². The monoisotopic (exact) mass is 246 g/mol. The lowest BCUT2D eigenvalue weighted by atomic mass is 10.2. The van der Waals surface area contributed by atoms with Crippen molar-refractivity contribution >= 4 is 16.9 Å². The summed E-state index contributed by atoms with van der Waals surface area (Å²) >= 11 is 0. The molecule has 0 aliphatic carbocycles. The van der Waals surface area contributed by atoms with E-state index in [1.54, 1.807) is 6.07 Å². The van der Waals surface area contributed by atoms with E-state index in [2.05, 4.69) is 15.3 Å². The second-order valence-corrected chi connectivity index (χ2v) is 4.61. The number of hydrogen-bond acceptors (Lipinski definition) is 3. The summed E-state index contributed by atoms with van der Waals surface area (Å²) < 4.78 is 0. The third-order valence-electron chi connectivity index (χ3n) is 2.71. The van der Waals surface area contributed by atoms with Crippen molar-refractivity contribution in [1.29, 1.82) is 0 Å². The van der Waals surface area contributed by atoms with Crippen LogP contribution >= 0.6 is 0 Å². The zero-order valence-electron chi connectivity index (χ0n) is 10.9. The second-order valence-electron chi connectivity index (χ2n) is 4.61. The molecular formula is C13H18N4O. The number of benzene rings is 1. The van der Waals surface area contributed by atoms with Crippen molar-refractivity contribution in [2.24, 2.45) is 0 Å². The minimum Gasteiger partial charge on any atom is -0.351 e. The predicted molar refractivity (Wildman–Crippen MR) is 71.7 cm³/mol. The molecule has 96 valence electrons. The van der Waals surface area contributed by atoms with Crippen molar-refractivity contribution in [2.75, 3.05) is 27.2 Å². The van der Waals surface area contributed by atoms with Gasteiger partial charge < -0.3 is 15.2 Å². The highest BCUT2D eigenvalue weighted by molar-refractivity contribution is 5.97. The zero-order valence-corrected chi connectivity index (χ0v) is 10.9. The molecular weight excluding hydrogens is 228 g/mol. The fourth-order valence-corrected chi connectivity index (χ4v) is 1.77. The van der Waals surface area contributed by atoms with Gasteiger partial charge in [0.15, 0.2) is 0 Å². The van der Waals surface area contributed by atoms with Crippen LogP contribution in [0.3, 0.4) is 0 Å². The highest BCUT2D eigenvalue weighted by atomic mass is 16.1. The number of carbonyl (C=O) groups is 1. The van der Waals surface area contributed by atoms with Gasteiger partial charge in [-0.05, 0) is 39.2 Å². The third-order valence-corrected chi connectivity index (χ3v) is 2.71. The van der Waals surface area contributed by atoms with Crippen molar-refractivity contribution in [2.45, 2.75) is 6.92 Å². The number of aromatic nitrogens is 2. The molecule has 2 N–H and O–H groups in total. The second kappa shape index (κ2) is 5.18. The summed E-state index contributed by atoms with van der Waals surface area (Å²) in [6.07, 6.45) is 0. The molecule has 0 spiro atoms. The minimum absolute atomic E-state index is 0.0500. The number of hydrogen-bond donors (Lipinski definition) is 2. The van der Waals surface area contributed by atoms with E-state index >= 15 is 0 Å². The van der Waals surface area contributed by atoms with Gasteiger partial charge in [-0.2, -0.15) is 0 Å². The van der Waals surface area contributed by atoms with E-state index in [0.717, 1.165) is 23.4 Å². The zero-order chi connectivity index (χ0) is 13.1. The Bertz CT molecular complexity index is 559. The van der Waals surface area contributed by atoms with Gasteiger partial charge >= 0.3 is 0 Å². The summed E-state index contributed by atoms with van der Waals surface area (Å²) in [5.74, 6) is 0.807. The summed E-state index contributed by atoms with van der Waals surface area (Å²) in [5, 5.41) is 2.89. The Hall–Kier alpha value is -1.88. The van der Waals surface area contributed by atoms with E-state index in [1.165, 1.54) is 0 Å². The predicted octanol–water partition coefficient (Wildman–Crippen LogP) is 1.16. The maximum atomic E-state index is 11.9. The van der Waals surface area contributed by atoms with Crippen LogP contribution in [0.2, 0.25) is 0 Å². The van der Waals surface area contributed by atoms with Crippen LogP contribution in [0.4, 0.5) is 0 Å². The van der Waals surface area contributed by atoms with Crippen LogP contribution in [0.25, 0.3) is 11.0 Å². The summed E-state index contributed by atoms with van der Waals surface area (Å²) in [4.78, 5) is 21.4. The van der Waals surface area contributed by atoms with Gasteiger partial charge in [0.05, 0.1) is 11.0 Å². The molecule has 0 atom stereocenters. The Labute approximate surface area is 106 Å². The quantitative estimate of drug-likeness (QED) is 0.851. The van der Waals surface area contributed by atoms with Gasteiger partial charge in [0, 0.05) is 18.7 Å². The fraction of sp³-hybridized carbons (Fsp3) is 0.385. The molecule has 0 fully saturated rings. The summed E-state index contributed by atoms with van der Waals surface area (Å²) in [5.41, 5.74) is 2.44. The number of likely N-dealkylation sites (N-methyl/N-ethyl adjacent to an activating group) is 1. The fourth-order valence-electron chi connectivity index (χ4n) is 1.77. The van der Waals surface area contributed by atoms with E-state index in [1.807, 2.05) is 38.1 Å². The first-order valence-corrected chi connectivity index (χ1v) is 5.95. The first kappa shape index (κ1) is 12.6. The first-order chi connectivity index (χ1) is 8.56. The first-order valence-electron chi connectivity index (χ1n) is 5.95. The maximum absolute atomic E-state index is 11.9. The van der Waals surface area contributed by atoms with Gasteiger partial charge in [-0.15, -0.1) is 0 Å². The number of aromatic amines is 1. The molecule has 0 bridgehead atoms. The molecule has 0 aliphatic heterocycles. The normalized spacial score (nSPS) is 11.1. The van der Waals surface area contributed by atoms with Crippen molar-refractivity contribution in [1.82, 2.24) is 20.2 Å². The Morgan fingerprint density at radius 2 is 2.22 bits per heavy atom. The lowest BCUT2D eigenvalue weighted by Crippen LogP contribution is -2.31. The summed E-state index contributed by atoms with van der Waals surface area (Å²) in [6.45, 7) is 3.37. The number of carbonyl (C=O) groups excluding carboxylic acids is 1. The molecule has 0 aliphatic rings. The number of nitrogens with zero attached hydrogens (tertiary/aromatic N) is 2. The van der Waals surface area contributed by atoms with Gasteiger partial charge in [0.25, 0.3) is 5.91 Å². The Morgan fingerprint density at radius 1 is 1.44 bits per heavy atom. The molecule has 5 heteroatoms. The number of imidazole rings is 1. The average Bonchev–Trinajstić information content (AvgIpc) is 2.67. The third kappa shape index (κ3) is 2.87. The van der Waals surface area contributed by atoms with Crippen molar-refractivity contribution in [3.8, 4) is 0 Å². The van der Waals surface area contributed by atoms with E-state index in [0.29, 0.717) is 12.1 Å². The number of H-pyrrole nitrogens is 1. The number of fused-ring (bicyclic) bond motifs is 1. The van der Waals surface area contributed by atoms with Crippen LogP contribution < -0.4 is 5.32 Å². The molecule has 1 aromatic carbocycles. The smallest absolute Gasteiger partial charge is 0.251 e. The average molecular weight is 246 g/mol. The number of rotatable bonds is 4. The van der Waals surface area contributed by atoms with E-state index < -0.39 is 0 Å². The number of nitrogens with one attached hydrogen (secondary N) is 2. The molecule has 0 saturated carbocycles. The Kier molecular flexibility index (Phi) is 3.62. The highest BCUT2D eigenvalue weighted by Crippen LogP contribution is 2.13. The highest BCUT2D eigenvalue weighted by Gasteiger charge is 2.07. The van der Waals surface area contributed by atoms with Gasteiger partial charge in [0.1, 0.15) is 5.82 Å². The van der Waals surface area contributed by atoms with Crippen LogP contribution in [-0.4, -0.2) is 48.0 Å². The molecule has 2 aromatic rings. The van der Waals surface area contributed by atoms with Gasteiger partial charge in [0.2, 0.25) is 0 Å². The summed E-state index contributed by atoms with van der Waals surface area (Å²) in [7, 11) is 3.96. The van der Waals surface area contributed by atoms with E-state index in [4.69, 9.17) is 0 Å². The van der Waals surface area contributed by atoms with Crippen LogP contribution in [-0.2, 0) is 0 Å². The van der Waals surface area contributed by atoms with Gasteiger partial charge in [-0.25, -0.2) is 4.98 Å². The standard InChI is InChI=1S/C13H18N4O/c1-9-15-11-5-4-10(8-12(11)16-9)13(18)14-6-7-17(2)3/h4-5,8H,6-7H2,1-3H3,(H,14,18)(H,15,16). The lowest BCUT2D eigenvalue weighted by molar-refractivity contribution is 0.0951. The Morgan fingerprint density at radius 3 is 2.94 bits per heavy atom. The van der Waals surface area contributed by atoms with Crippen molar-refractivity contribution in [3.63, 3.8) is 0 Å². The molecule has 18 heavy (non-hydrogen) atoms. The number of aryl methyl sites for hydroxylation is 1. The maximum Gasteiger partial charge on any atom is 0.251 e. The molecule has 1 heterocycles. The van der Waals surface area contributed by atoms with Crippen molar-refractivity contribution < 1.29 is 4.79 Å². The molecule has 1 amide bonds. The lowest BCUT2D eigenvalue weighted by Gasteiger charge is -2.10. The largest absolute Gasteiger partial charge is 0.351 e. The van der Waals surface area contributed by atoms with E-state index in [-0.39, 0.29) is 5.91 Å². The van der Waals surface area contributed by atoms with Crippen LogP contribution in [0, 0.1) is 6.92 Å². The molecule has 0 unspecified atom stereocenters. The van der Waals surface area contributed by atoms with Crippen LogP contribution in [0.15, 0.2) is 18.2 Å². The molecule has 0 saturated heterocycles. The molecule has 1 aromatic heterocycles. The van der Waals surface area contributed by atoms with E-state index in [9.17, 15) is 4.79 Å². The molecule has 5 nitrogen and oxygen atoms in total. The van der Waals surface area contributed by atoms with Crippen molar-refractivity contribution in [3.05, 3.63) is 29.6 Å². The minimum atomic E-state index is -0.0500. The SMILES string of the molecule is Cc1nc2ccc(C(=O)NCCN(C)C)cc2[nH]1.